The molecule has 0 aromatic carbocycles. The SMILES string of the molecule is CCCNCc1cnccc1N(C)CCOCC. The molecule has 1 N–H and O–H groups in total. The molecule has 1 heterocycles. The van der Waals surface area contributed by atoms with Crippen molar-refractivity contribution in [3.05, 3.63) is 24.0 Å². The summed E-state index contributed by atoms with van der Waals surface area (Å²) < 4.78 is 5.39. The zero-order valence-electron chi connectivity index (χ0n) is 11.8. The molecule has 0 fully saturated rings. The fourth-order valence-corrected chi connectivity index (χ4v) is 1.79. The highest BCUT2D eigenvalue weighted by Crippen LogP contribution is 2.17. The number of hydrogen-bond acceptors (Lipinski definition) is 4. The third-order valence-corrected chi connectivity index (χ3v) is 2.81. The number of hydrogen-bond donors (Lipinski definition) is 1. The Bertz CT molecular complexity index is 331. The molecule has 0 saturated carbocycles. The second-order valence-electron chi connectivity index (χ2n) is 4.30. The summed E-state index contributed by atoms with van der Waals surface area (Å²) in [5.74, 6) is 0. The maximum Gasteiger partial charge on any atom is 0.0641 e. The van der Waals surface area contributed by atoms with Gasteiger partial charge >= 0.3 is 0 Å². The maximum atomic E-state index is 5.39. The maximum absolute atomic E-state index is 5.39. The topological polar surface area (TPSA) is 37.4 Å². The second-order valence-corrected chi connectivity index (χ2v) is 4.30. The van der Waals surface area contributed by atoms with E-state index in [1.165, 1.54) is 11.3 Å². The Morgan fingerprint density at radius 2 is 2.22 bits per heavy atom. The lowest BCUT2D eigenvalue weighted by molar-refractivity contribution is 0.154. The fraction of sp³-hybridized carbons (Fsp3) is 0.643. The number of anilines is 1. The van der Waals surface area contributed by atoms with E-state index in [0.717, 1.165) is 39.3 Å². The molecule has 0 aliphatic carbocycles. The van der Waals surface area contributed by atoms with E-state index in [-0.39, 0.29) is 0 Å². The smallest absolute Gasteiger partial charge is 0.0641 e. The average Bonchev–Trinajstić information content (AvgIpc) is 2.40. The molecular formula is C14H25N3O. The Morgan fingerprint density at radius 3 is 2.94 bits per heavy atom. The number of rotatable bonds is 9. The molecule has 4 nitrogen and oxygen atoms in total. The molecule has 1 aromatic heterocycles. The van der Waals surface area contributed by atoms with Gasteiger partial charge in [0.2, 0.25) is 0 Å². The first-order chi connectivity index (χ1) is 8.79. The zero-order chi connectivity index (χ0) is 13.2. The summed E-state index contributed by atoms with van der Waals surface area (Å²) in [5.41, 5.74) is 2.47. The van der Waals surface area contributed by atoms with Crippen molar-refractivity contribution < 1.29 is 4.74 Å². The normalized spacial score (nSPS) is 10.6. The van der Waals surface area contributed by atoms with Crippen LogP contribution in [0.3, 0.4) is 0 Å². The van der Waals surface area contributed by atoms with E-state index in [0.29, 0.717) is 0 Å². The van der Waals surface area contributed by atoms with Crippen LogP contribution in [0.4, 0.5) is 5.69 Å². The van der Waals surface area contributed by atoms with E-state index in [1.807, 2.05) is 19.3 Å². The Hall–Kier alpha value is -1.13. The van der Waals surface area contributed by atoms with E-state index < -0.39 is 0 Å². The van der Waals surface area contributed by atoms with Gasteiger partial charge in [0, 0.05) is 50.4 Å². The van der Waals surface area contributed by atoms with Gasteiger partial charge in [-0.15, -0.1) is 0 Å². The van der Waals surface area contributed by atoms with Gasteiger partial charge in [0.1, 0.15) is 0 Å². The lowest BCUT2D eigenvalue weighted by atomic mass is 10.2. The number of nitrogens with zero attached hydrogens (tertiary/aromatic N) is 2. The van der Waals surface area contributed by atoms with Crippen molar-refractivity contribution in [2.24, 2.45) is 0 Å². The van der Waals surface area contributed by atoms with Crippen LogP contribution in [0.5, 0.6) is 0 Å². The molecule has 0 aliphatic rings. The van der Waals surface area contributed by atoms with Gasteiger partial charge in [-0.25, -0.2) is 0 Å². The van der Waals surface area contributed by atoms with Crippen LogP contribution < -0.4 is 10.2 Å². The van der Waals surface area contributed by atoms with E-state index in [2.05, 4.69) is 35.2 Å². The minimum atomic E-state index is 0.761. The number of nitrogens with one attached hydrogen (secondary N) is 1. The Kier molecular flexibility index (Phi) is 7.37. The van der Waals surface area contributed by atoms with Crippen LogP contribution in [0.2, 0.25) is 0 Å². The average molecular weight is 251 g/mol. The molecule has 0 unspecified atom stereocenters. The van der Waals surface area contributed by atoms with Gasteiger partial charge in [-0.1, -0.05) is 6.92 Å². The Balaban J connectivity index is 2.56. The van der Waals surface area contributed by atoms with Crippen LogP contribution in [-0.2, 0) is 11.3 Å². The molecule has 18 heavy (non-hydrogen) atoms. The first-order valence-corrected chi connectivity index (χ1v) is 6.72. The molecule has 0 radical (unpaired) electrons. The Labute approximate surface area is 110 Å². The van der Waals surface area contributed by atoms with E-state index >= 15 is 0 Å². The predicted molar refractivity (Wildman–Crippen MR) is 76.0 cm³/mol. The minimum Gasteiger partial charge on any atom is -0.380 e. The fourth-order valence-electron chi connectivity index (χ4n) is 1.79. The minimum absolute atomic E-state index is 0.761. The van der Waals surface area contributed by atoms with Crippen molar-refractivity contribution in [2.45, 2.75) is 26.8 Å². The lowest BCUT2D eigenvalue weighted by Crippen LogP contribution is -2.25. The lowest BCUT2D eigenvalue weighted by Gasteiger charge is -2.22. The number of ether oxygens (including phenoxy) is 1. The molecule has 102 valence electrons. The molecular weight excluding hydrogens is 226 g/mol. The van der Waals surface area contributed by atoms with Crippen LogP contribution in [0.1, 0.15) is 25.8 Å². The Morgan fingerprint density at radius 1 is 1.39 bits per heavy atom. The highest BCUT2D eigenvalue weighted by atomic mass is 16.5. The summed E-state index contributed by atoms with van der Waals surface area (Å²) in [5, 5.41) is 3.42. The van der Waals surface area contributed by atoms with Crippen molar-refractivity contribution in [3.63, 3.8) is 0 Å². The van der Waals surface area contributed by atoms with Gasteiger partial charge in [0.25, 0.3) is 0 Å². The summed E-state index contributed by atoms with van der Waals surface area (Å²) in [6, 6.07) is 2.06. The molecule has 1 rings (SSSR count). The molecule has 0 spiro atoms. The van der Waals surface area contributed by atoms with E-state index in [9.17, 15) is 0 Å². The molecule has 1 aromatic rings. The molecule has 4 heteroatoms. The molecule has 0 amide bonds. The van der Waals surface area contributed by atoms with Crippen LogP contribution >= 0.6 is 0 Å². The van der Waals surface area contributed by atoms with Gasteiger partial charge in [0.05, 0.1) is 6.61 Å². The zero-order valence-corrected chi connectivity index (χ0v) is 11.8. The first-order valence-electron chi connectivity index (χ1n) is 6.72. The van der Waals surface area contributed by atoms with Crippen LogP contribution in [0.15, 0.2) is 18.5 Å². The van der Waals surface area contributed by atoms with Gasteiger partial charge in [-0.2, -0.15) is 0 Å². The van der Waals surface area contributed by atoms with Crippen molar-refractivity contribution in [2.75, 3.05) is 38.3 Å². The van der Waals surface area contributed by atoms with E-state index in [1.54, 1.807) is 0 Å². The van der Waals surface area contributed by atoms with Crippen LogP contribution in [-0.4, -0.2) is 38.3 Å². The van der Waals surface area contributed by atoms with E-state index in [4.69, 9.17) is 4.74 Å². The highest BCUT2D eigenvalue weighted by Gasteiger charge is 2.06. The van der Waals surface area contributed by atoms with Gasteiger partial charge in [-0.05, 0) is 26.0 Å². The largest absolute Gasteiger partial charge is 0.380 e. The molecule has 0 aliphatic heterocycles. The van der Waals surface area contributed by atoms with Crippen LogP contribution in [0.25, 0.3) is 0 Å². The van der Waals surface area contributed by atoms with Crippen LogP contribution in [0, 0.1) is 0 Å². The molecule has 0 atom stereocenters. The molecule has 0 saturated heterocycles. The quantitative estimate of drug-likeness (QED) is 0.682. The second kappa shape index (κ2) is 8.89. The number of aromatic nitrogens is 1. The third-order valence-electron chi connectivity index (χ3n) is 2.81. The number of likely N-dealkylation sites (N-methyl/N-ethyl adjacent to an activating group) is 1. The van der Waals surface area contributed by atoms with Gasteiger partial charge in [0.15, 0.2) is 0 Å². The van der Waals surface area contributed by atoms with Crippen molar-refractivity contribution in [1.29, 1.82) is 0 Å². The van der Waals surface area contributed by atoms with Gasteiger partial charge < -0.3 is 15.0 Å². The van der Waals surface area contributed by atoms with Crippen molar-refractivity contribution in [3.8, 4) is 0 Å². The summed E-state index contributed by atoms with van der Waals surface area (Å²) in [7, 11) is 2.09. The predicted octanol–water partition coefficient (Wildman–Crippen LogP) is 2.05. The summed E-state index contributed by atoms with van der Waals surface area (Å²) in [4.78, 5) is 6.43. The summed E-state index contributed by atoms with van der Waals surface area (Å²) in [6.07, 6.45) is 4.93. The molecule has 0 bridgehead atoms. The van der Waals surface area contributed by atoms with Crippen molar-refractivity contribution in [1.82, 2.24) is 10.3 Å². The van der Waals surface area contributed by atoms with Gasteiger partial charge in [-0.3, -0.25) is 4.98 Å². The summed E-state index contributed by atoms with van der Waals surface area (Å²) in [6.45, 7) is 8.54. The highest BCUT2D eigenvalue weighted by molar-refractivity contribution is 5.51. The number of pyridine rings is 1. The third kappa shape index (κ3) is 5.02. The van der Waals surface area contributed by atoms with Crippen molar-refractivity contribution >= 4 is 5.69 Å². The first kappa shape index (κ1) is 14.9. The monoisotopic (exact) mass is 251 g/mol. The summed E-state index contributed by atoms with van der Waals surface area (Å²) >= 11 is 0. The standard InChI is InChI=1S/C14H25N3O/c1-4-7-15-11-13-12-16-8-6-14(13)17(3)9-10-18-5-2/h6,8,12,15H,4-5,7,9-11H2,1-3H3.